The quantitative estimate of drug-likeness (QED) is 0.184. The molecular formula is C46H27N. The highest BCUT2D eigenvalue weighted by Gasteiger charge is 2.22. The van der Waals surface area contributed by atoms with Crippen LogP contribution in [-0.2, 0) is 0 Å². The molecule has 0 radical (unpaired) electrons. The summed E-state index contributed by atoms with van der Waals surface area (Å²) in [5.74, 6) is 0. The molecule has 0 heterocycles. The Kier molecular flexibility index (Phi) is 4.90. The number of fused-ring (bicyclic) bond motifs is 3. The number of rotatable bonds is 3. The average molecular weight is 594 g/mol. The van der Waals surface area contributed by atoms with E-state index in [0.717, 1.165) is 5.69 Å². The molecule has 0 amide bonds. The highest BCUT2D eigenvalue weighted by molar-refractivity contribution is 6.28. The molecule has 0 aromatic heterocycles. The van der Waals surface area contributed by atoms with E-state index in [0.29, 0.717) is 0 Å². The average Bonchev–Trinajstić information content (AvgIpc) is 3.14. The van der Waals surface area contributed by atoms with E-state index in [1.54, 1.807) is 0 Å². The largest absolute Gasteiger partial charge is 0.309 e. The molecule has 11 aromatic carbocycles. The molecule has 0 aliphatic heterocycles. The van der Waals surface area contributed by atoms with Gasteiger partial charge in [-0.05, 0) is 99.7 Å². The van der Waals surface area contributed by atoms with E-state index in [4.69, 9.17) is 0 Å². The zero-order valence-electron chi connectivity index (χ0n) is 25.5. The van der Waals surface area contributed by atoms with Gasteiger partial charge < -0.3 is 4.90 Å². The smallest absolute Gasteiger partial charge is 0.0540 e. The van der Waals surface area contributed by atoms with E-state index < -0.39 is 0 Å². The first-order valence-electron chi connectivity index (χ1n) is 16.3. The van der Waals surface area contributed by atoms with Gasteiger partial charge in [-0.15, -0.1) is 0 Å². The van der Waals surface area contributed by atoms with Crippen molar-refractivity contribution in [3.63, 3.8) is 0 Å². The Bertz CT molecular complexity index is 2840. The first-order chi connectivity index (χ1) is 23.3. The third-order valence-corrected chi connectivity index (χ3v) is 10.5. The predicted octanol–water partition coefficient (Wildman–Crippen LogP) is 13.3. The van der Waals surface area contributed by atoms with Gasteiger partial charge in [-0.2, -0.15) is 0 Å². The molecule has 0 unspecified atom stereocenters. The van der Waals surface area contributed by atoms with Crippen molar-refractivity contribution in [3.05, 3.63) is 164 Å². The van der Waals surface area contributed by atoms with Gasteiger partial charge in [-0.1, -0.05) is 140 Å². The number of anilines is 3. The molecule has 0 N–H and O–H groups in total. The molecule has 11 rings (SSSR count). The molecule has 47 heavy (non-hydrogen) atoms. The fourth-order valence-electron chi connectivity index (χ4n) is 8.37. The Balaban J connectivity index is 1.29. The normalized spacial score (nSPS) is 12.3. The van der Waals surface area contributed by atoms with Gasteiger partial charge >= 0.3 is 0 Å². The maximum atomic E-state index is 2.51. The molecule has 1 heteroatoms. The number of hydrogen-bond donors (Lipinski definition) is 0. The number of nitrogens with zero attached hydrogens (tertiary/aromatic N) is 1. The van der Waals surface area contributed by atoms with Crippen molar-refractivity contribution in [3.8, 4) is 0 Å². The lowest BCUT2D eigenvalue weighted by molar-refractivity contribution is 1.32. The summed E-state index contributed by atoms with van der Waals surface area (Å²) in [5, 5.41) is 20.6. The summed E-state index contributed by atoms with van der Waals surface area (Å²) in [6, 6.07) is 61.1. The minimum absolute atomic E-state index is 1.15. The summed E-state index contributed by atoms with van der Waals surface area (Å²) >= 11 is 0. The fraction of sp³-hybridized carbons (Fsp3) is 0. The van der Waals surface area contributed by atoms with Crippen molar-refractivity contribution in [1.82, 2.24) is 0 Å². The minimum atomic E-state index is 1.15. The molecule has 0 aliphatic rings. The van der Waals surface area contributed by atoms with Crippen LogP contribution in [0, 0.1) is 0 Å². The van der Waals surface area contributed by atoms with Gasteiger partial charge in [0.15, 0.2) is 0 Å². The summed E-state index contributed by atoms with van der Waals surface area (Å²) in [7, 11) is 0. The zero-order valence-corrected chi connectivity index (χ0v) is 25.5. The van der Waals surface area contributed by atoms with E-state index >= 15 is 0 Å². The lowest BCUT2D eigenvalue weighted by Crippen LogP contribution is -2.11. The van der Waals surface area contributed by atoms with E-state index in [2.05, 4.69) is 169 Å². The second-order valence-corrected chi connectivity index (χ2v) is 12.9. The molecule has 0 aliphatic carbocycles. The van der Waals surface area contributed by atoms with Gasteiger partial charge in [-0.3, -0.25) is 0 Å². The molecule has 0 saturated heterocycles. The highest BCUT2D eigenvalue weighted by Crippen LogP contribution is 2.48. The molecule has 0 saturated carbocycles. The van der Waals surface area contributed by atoms with Gasteiger partial charge in [0.1, 0.15) is 0 Å². The molecule has 0 fully saturated rings. The van der Waals surface area contributed by atoms with Crippen molar-refractivity contribution in [2.45, 2.75) is 0 Å². The third-order valence-electron chi connectivity index (χ3n) is 10.5. The van der Waals surface area contributed by atoms with Crippen molar-refractivity contribution in [1.29, 1.82) is 0 Å². The summed E-state index contributed by atoms with van der Waals surface area (Å²) < 4.78 is 0. The second kappa shape index (κ2) is 9.19. The maximum Gasteiger partial charge on any atom is 0.0540 e. The summed E-state index contributed by atoms with van der Waals surface area (Å²) in [6.07, 6.45) is 0. The number of hydrogen-bond acceptors (Lipinski definition) is 1. The Labute approximate surface area is 271 Å². The first kappa shape index (κ1) is 25.1. The molecule has 1 nitrogen and oxygen atoms in total. The molecule has 0 spiro atoms. The molecule has 0 bridgehead atoms. The fourth-order valence-corrected chi connectivity index (χ4v) is 8.37. The van der Waals surface area contributed by atoms with Gasteiger partial charge in [0.05, 0.1) is 11.4 Å². The topological polar surface area (TPSA) is 3.24 Å². The molecule has 0 atom stereocenters. The summed E-state index contributed by atoms with van der Waals surface area (Å²) in [6.45, 7) is 0. The third kappa shape index (κ3) is 3.43. The molecule has 216 valence electrons. The van der Waals surface area contributed by atoms with Crippen LogP contribution in [0.5, 0.6) is 0 Å². The van der Waals surface area contributed by atoms with Crippen LogP contribution >= 0.6 is 0 Å². The number of benzene rings is 11. The Morgan fingerprint density at radius 2 is 0.660 bits per heavy atom. The van der Waals surface area contributed by atoms with Crippen LogP contribution in [0.4, 0.5) is 17.1 Å². The monoisotopic (exact) mass is 593 g/mol. The summed E-state index contributed by atoms with van der Waals surface area (Å²) in [4.78, 5) is 2.51. The van der Waals surface area contributed by atoms with Crippen LogP contribution in [0.2, 0.25) is 0 Å². The van der Waals surface area contributed by atoms with Crippen molar-refractivity contribution in [2.75, 3.05) is 4.90 Å². The van der Waals surface area contributed by atoms with Crippen LogP contribution in [0.25, 0.3) is 86.2 Å². The molecular weight excluding hydrogens is 567 g/mol. The van der Waals surface area contributed by atoms with E-state index in [9.17, 15) is 0 Å². The lowest BCUT2D eigenvalue weighted by Gasteiger charge is -2.30. The summed E-state index contributed by atoms with van der Waals surface area (Å²) in [5.41, 5.74) is 3.52. The standard InChI is InChI=1S/C46H27N/c1-2-10-37-28(5-1)11-12-29-17-22-36(27-40(29)37)47(41-25-20-34-15-13-30-6-3-8-32-18-23-38(41)45(34)43(30)32)42-26-21-35-16-14-31-7-4-9-33-19-24-39(42)46(35)44(31)33/h1-27H. The zero-order chi connectivity index (χ0) is 30.6. The van der Waals surface area contributed by atoms with Gasteiger partial charge in [-0.25, -0.2) is 0 Å². The van der Waals surface area contributed by atoms with Crippen LogP contribution < -0.4 is 4.90 Å². The Morgan fingerprint density at radius 3 is 1.23 bits per heavy atom. The van der Waals surface area contributed by atoms with Crippen LogP contribution in [0.1, 0.15) is 0 Å². The van der Waals surface area contributed by atoms with Crippen molar-refractivity contribution >= 4 is 103 Å². The van der Waals surface area contributed by atoms with Gasteiger partial charge in [0, 0.05) is 16.5 Å². The maximum absolute atomic E-state index is 2.51. The minimum Gasteiger partial charge on any atom is -0.309 e. The highest BCUT2D eigenvalue weighted by atomic mass is 15.1. The van der Waals surface area contributed by atoms with Crippen LogP contribution in [-0.4, -0.2) is 0 Å². The van der Waals surface area contributed by atoms with Crippen molar-refractivity contribution < 1.29 is 0 Å². The van der Waals surface area contributed by atoms with E-state index in [-0.39, 0.29) is 0 Å². The van der Waals surface area contributed by atoms with Crippen LogP contribution in [0.3, 0.4) is 0 Å². The van der Waals surface area contributed by atoms with Gasteiger partial charge in [0.25, 0.3) is 0 Å². The second-order valence-electron chi connectivity index (χ2n) is 12.9. The predicted molar refractivity (Wildman–Crippen MR) is 204 cm³/mol. The van der Waals surface area contributed by atoms with E-state index in [1.807, 2.05) is 0 Å². The van der Waals surface area contributed by atoms with E-state index in [1.165, 1.54) is 97.6 Å². The first-order valence-corrected chi connectivity index (χ1v) is 16.3. The Morgan fingerprint density at radius 1 is 0.255 bits per heavy atom. The van der Waals surface area contributed by atoms with Crippen molar-refractivity contribution in [2.24, 2.45) is 0 Å². The van der Waals surface area contributed by atoms with Crippen LogP contribution in [0.15, 0.2) is 164 Å². The Hall–Kier alpha value is -6.18. The SMILES string of the molecule is c1ccc2c(c1)ccc1ccc(N(c3ccc4ccc5cccc6ccc3c4c56)c3ccc4ccc5cccc6ccc3c4c56)cc12. The lowest BCUT2D eigenvalue weighted by atomic mass is 9.91. The molecule has 11 aromatic rings. The van der Waals surface area contributed by atoms with Gasteiger partial charge in [0.2, 0.25) is 0 Å².